The number of Topliss-reactive ketones (excluding diaryl/α,β-unsaturated/α-hetero) is 1. The standard InChI is InChI=1S/C24H22ClF3N2O2/c25-15-5-3-14(4-6-15)23(8-1-9-23)20(31)11-13-2-7-18(26)16(10-13)24(21(27)28)17-12-19(17)32-22(29)30-24/h2-7,10,17,19,21H,1,8-9,11-12H2,(H2,29,30)/t17-,19+,24+/m0/s1. The number of carbonyl (C=O) groups excluding carboxylic acids is 1. The maximum atomic E-state index is 14.8. The van der Waals surface area contributed by atoms with Gasteiger partial charge in [-0.15, -0.1) is 0 Å². The highest BCUT2D eigenvalue weighted by atomic mass is 35.5. The number of benzene rings is 2. The molecule has 2 fully saturated rings. The van der Waals surface area contributed by atoms with E-state index in [-0.39, 0.29) is 23.8 Å². The fourth-order valence-electron chi connectivity index (χ4n) is 5.17. The minimum absolute atomic E-state index is 0.0129. The minimum atomic E-state index is -2.97. The van der Waals surface area contributed by atoms with Gasteiger partial charge in [-0.05, 0) is 54.7 Å². The predicted octanol–water partition coefficient (Wildman–Crippen LogP) is 4.91. The second-order valence-corrected chi connectivity index (χ2v) is 9.37. The first-order valence-corrected chi connectivity index (χ1v) is 11.0. The molecule has 1 heterocycles. The number of halogens is 4. The summed E-state index contributed by atoms with van der Waals surface area (Å²) in [5.74, 6) is -1.46. The second kappa shape index (κ2) is 7.51. The number of hydrogen-bond donors (Lipinski definition) is 1. The Bertz CT molecular complexity index is 1100. The largest absolute Gasteiger partial charge is 0.462 e. The normalized spacial score (nSPS) is 27.7. The minimum Gasteiger partial charge on any atom is -0.462 e. The van der Waals surface area contributed by atoms with Crippen molar-refractivity contribution in [3.8, 4) is 0 Å². The summed E-state index contributed by atoms with van der Waals surface area (Å²) in [7, 11) is 0. The molecule has 0 saturated heterocycles. The lowest BCUT2D eigenvalue weighted by Gasteiger charge is -2.41. The molecule has 2 N–H and O–H groups in total. The van der Waals surface area contributed by atoms with E-state index in [1.54, 1.807) is 12.1 Å². The molecule has 2 aromatic carbocycles. The van der Waals surface area contributed by atoms with Crippen molar-refractivity contribution in [2.75, 3.05) is 0 Å². The number of carbonyl (C=O) groups is 1. The zero-order chi connectivity index (χ0) is 22.7. The summed E-state index contributed by atoms with van der Waals surface area (Å²) in [5.41, 5.74) is 4.06. The van der Waals surface area contributed by atoms with E-state index in [2.05, 4.69) is 4.99 Å². The van der Waals surface area contributed by atoms with Crippen molar-refractivity contribution in [3.05, 3.63) is 70.0 Å². The number of fused-ring (bicyclic) bond motifs is 1. The number of alkyl halides is 2. The number of ketones is 1. The maximum absolute atomic E-state index is 14.8. The van der Waals surface area contributed by atoms with Crippen molar-refractivity contribution in [1.82, 2.24) is 0 Å². The number of nitrogens with two attached hydrogens (primary N) is 1. The zero-order valence-electron chi connectivity index (χ0n) is 17.2. The molecule has 0 radical (unpaired) electrons. The van der Waals surface area contributed by atoms with Crippen molar-refractivity contribution in [2.45, 2.75) is 55.6 Å². The van der Waals surface area contributed by atoms with Crippen LogP contribution in [0.15, 0.2) is 47.5 Å². The van der Waals surface area contributed by atoms with Crippen LogP contribution in [0.2, 0.25) is 5.02 Å². The Kier molecular flexibility index (Phi) is 5.00. The van der Waals surface area contributed by atoms with Gasteiger partial charge in [0.2, 0.25) is 0 Å². The molecule has 32 heavy (non-hydrogen) atoms. The van der Waals surface area contributed by atoms with Gasteiger partial charge in [-0.25, -0.2) is 18.2 Å². The molecule has 0 aromatic heterocycles. The van der Waals surface area contributed by atoms with E-state index in [4.69, 9.17) is 22.1 Å². The average molecular weight is 463 g/mol. The molecular formula is C24H22ClF3N2O2. The van der Waals surface area contributed by atoms with Crippen LogP contribution in [0.5, 0.6) is 0 Å². The molecule has 4 nitrogen and oxygen atoms in total. The van der Waals surface area contributed by atoms with Crippen LogP contribution in [0.3, 0.4) is 0 Å². The molecule has 2 aromatic rings. The van der Waals surface area contributed by atoms with Gasteiger partial charge in [0.25, 0.3) is 12.4 Å². The lowest BCUT2D eigenvalue weighted by Crippen LogP contribution is -2.44. The summed E-state index contributed by atoms with van der Waals surface area (Å²) in [4.78, 5) is 17.3. The number of hydrogen-bond acceptors (Lipinski definition) is 4. The Balaban J connectivity index is 1.49. The van der Waals surface area contributed by atoms with E-state index in [0.717, 1.165) is 18.1 Å². The van der Waals surface area contributed by atoms with E-state index >= 15 is 0 Å². The van der Waals surface area contributed by atoms with Gasteiger partial charge in [0.1, 0.15) is 17.7 Å². The van der Waals surface area contributed by atoms with Crippen LogP contribution >= 0.6 is 11.6 Å². The summed E-state index contributed by atoms with van der Waals surface area (Å²) in [6.45, 7) is 0. The molecule has 2 aliphatic carbocycles. The van der Waals surface area contributed by atoms with E-state index in [1.165, 1.54) is 12.1 Å². The van der Waals surface area contributed by atoms with Gasteiger partial charge in [-0.3, -0.25) is 4.79 Å². The van der Waals surface area contributed by atoms with Crippen molar-refractivity contribution in [3.63, 3.8) is 0 Å². The quantitative estimate of drug-likeness (QED) is 0.663. The summed E-state index contributed by atoms with van der Waals surface area (Å²) < 4.78 is 48.8. The van der Waals surface area contributed by atoms with Gasteiger partial charge in [-0.1, -0.05) is 36.2 Å². The van der Waals surface area contributed by atoms with Gasteiger partial charge in [0.15, 0.2) is 5.54 Å². The van der Waals surface area contributed by atoms with Crippen LogP contribution in [0.4, 0.5) is 13.2 Å². The van der Waals surface area contributed by atoms with Crippen LogP contribution in [0, 0.1) is 11.7 Å². The van der Waals surface area contributed by atoms with Gasteiger partial charge < -0.3 is 10.5 Å². The Morgan fingerprint density at radius 1 is 1.22 bits per heavy atom. The second-order valence-electron chi connectivity index (χ2n) is 8.93. The van der Waals surface area contributed by atoms with Gasteiger partial charge in [0, 0.05) is 22.9 Å². The Hall–Kier alpha value is -2.54. The van der Waals surface area contributed by atoms with Gasteiger partial charge in [0.05, 0.1) is 5.41 Å². The smallest absolute Gasteiger partial charge is 0.283 e. The molecule has 1 aliphatic heterocycles. The molecule has 0 spiro atoms. The van der Waals surface area contributed by atoms with Crippen molar-refractivity contribution in [2.24, 2.45) is 16.6 Å². The van der Waals surface area contributed by atoms with Crippen LogP contribution < -0.4 is 5.73 Å². The number of nitrogens with zero attached hydrogens (tertiary/aromatic N) is 1. The third-order valence-corrected chi connectivity index (χ3v) is 7.41. The SMILES string of the molecule is NC1=N[C@@](c2cc(CC(=O)C3(c4ccc(Cl)cc4)CCC3)ccc2F)(C(F)F)[C@H]2C[C@H]2O1. The van der Waals surface area contributed by atoms with Crippen LogP contribution in [0.25, 0.3) is 0 Å². The molecule has 5 rings (SSSR count). The third kappa shape index (κ3) is 3.20. The first-order valence-electron chi connectivity index (χ1n) is 10.6. The van der Waals surface area contributed by atoms with Gasteiger partial charge in [-0.2, -0.15) is 0 Å². The summed E-state index contributed by atoms with van der Waals surface area (Å²) >= 11 is 5.99. The molecule has 168 valence electrons. The van der Waals surface area contributed by atoms with Crippen molar-refractivity contribution < 1.29 is 22.7 Å². The van der Waals surface area contributed by atoms with Crippen molar-refractivity contribution >= 4 is 23.4 Å². The van der Waals surface area contributed by atoms with Gasteiger partial charge >= 0.3 is 0 Å². The fraction of sp³-hybridized carbons (Fsp3) is 0.417. The molecule has 2 saturated carbocycles. The highest BCUT2D eigenvalue weighted by Crippen LogP contribution is 2.56. The molecule has 3 atom stereocenters. The fourth-order valence-corrected chi connectivity index (χ4v) is 5.30. The molecule has 8 heteroatoms. The third-order valence-electron chi connectivity index (χ3n) is 7.16. The Labute approximate surface area is 188 Å². The number of aliphatic imine (C=N–C) groups is 1. The predicted molar refractivity (Wildman–Crippen MR) is 114 cm³/mol. The monoisotopic (exact) mass is 462 g/mol. The molecule has 3 aliphatic rings. The van der Waals surface area contributed by atoms with Crippen LogP contribution in [-0.2, 0) is 26.9 Å². The molecule has 0 unspecified atom stereocenters. The zero-order valence-corrected chi connectivity index (χ0v) is 17.9. The topological polar surface area (TPSA) is 64.7 Å². The molecular weight excluding hydrogens is 441 g/mol. The summed E-state index contributed by atoms with van der Waals surface area (Å²) in [6.07, 6.45) is -0.763. The average Bonchev–Trinajstić information content (AvgIpc) is 3.49. The summed E-state index contributed by atoms with van der Waals surface area (Å²) in [6, 6.07) is 10.8. The molecule has 0 bridgehead atoms. The Morgan fingerprint density at radius 3 is 2.56 bits per heavy atom. The first kappa shape index (κ1) is 21.3. The van der Waals surface area contributed by atoms with Crippen LogP contribution in [0.1, 0.15) is 42.4 Å². The van der Waals surface area contributed by atoms with E-state index in [0.29, 0.717) is 29.8 Å². The highest BCUT2D eigenvalue weighted by molar-refractivity contribution is 6.30. The lowest BCUT2D eigenvalue weighted by atomic mass is 9.61. The van der Waals surface area contributed by atoms with E-state index < -0.39 is 35.2 Å². The molecule has 0 amide bonds. The number of rotatable bonds is 6. The lowest BCUT2D eigenvalue weighted by molar-refractivity contribution is -0.127. The first-order chi connectivity index (χ1) is 15.3. The Morgan fingerprint density at radius 2 is 1.94 bits per heavy atom. The summed E-state index contributed by atoms with van der Waals surface area (Å²) in [5, 5.41) is 0.589. The van der Waals surface area contributed by atoms with E-state index in [9.17, 15) is 18.0 Å². The maximum Gasteiger partial charge on any atom is 0.283 e. The highest BCUT2D eigenvalue weighted by Gasteiger charge is 2.64. The van der Waals surface area contributed by atoms with E-state index in [1.807, 2.05) is 12.1 Å². The van der Waals surface area contributed by atoms with Crippen molar-refractivity contribution in [1.29, 1.82) is 0 Å². The van der Waals surface area contributed by atoms with Crippen LogP contribution in [-0.4, -0.2) is 24.3 Å². The number of amidine groups is 1. The number of ether oxygens (including phenoxy) is 1.